The highest BCUT2D eigenvalue weighted by atomic mass is 32.2. The summed E-state index contributed by atoms with van der Waals surface area (Å²) in [5, 5.41) is 12.5. The average molecular weight is 356 g/mol. The first-order valence-corrected chi connectivity index (χ1v) is 9.56. The van der Waals surface area contributed by atoms with E-state index in [0.717, 1.165) is 30.6 Å². The second-order valence-corrected chi connectivity index (χ2v) is 7.19. The maximum atomic E-state index is 12.3. The summed E-state index contributed by atoms with van der Waals surface area (Å²) in [4.78, 5) is 14.6. The molecule has 4 heteroatoms. The Hall–Kier alpha value is -2.07. The minimum Gasteiger partial charge on any atom is -0.410 e. The number of hydrogen-bond donors (Lipinski definition) is 1. The molecule has 3 nitrogen and oxygen atoms in total. The van der Waals surface area contributed by atoms with Crippen molar-refractivity contribution in [3.8, 4) is 0 Å². The lowest BCUT2D eigenvalue weighted by molar-refractivity contribution is -0.113. The van der Waals surface area contributed by atoms with Gasteiger partial charge in [-0.1, -0.05) is 73.4 Å². The number of benzene rings is 2. The van der Waals surface area contributed by atoms with Crippen LogP contribution in [0.25, 0.3) is 0 Å². The molecule has 2 rings (SSSR count). The van der Waals surface area contributed by atoms with Crippen molar-refractivity contribution in [1.82, 2.24) is 0 Å². The molecule has 0 atom stereocenters. The van der Waals surface area contributed by atoms with Gasteiger partial charge in [-0.3, -0.25) is 4.79 Å². The summed E-state index contributed by atoms with van der Waals surface area (Å²) < 4.78 is 0. The number of nitrogens with zero attached hydrogens (tertiary/aromatic N) is 1. The van der Waals surface area contributed by atoms with Crippen molar-refractivity contribution < 1.29 is 10.0 Å². The Morgan fingerprint density at radius 2 is 1.76 bits per heavy atom. The molecule has 0 radical (unpaired) electrons. The van der Waals surface area contributed by atoms with E-state index in [1.54, 1.807) is 11.8 Å². The van der Waals surface area contributed by atoms with E-state index in [1.165, 1.54) is 10.5 Å². The summed E-state index contributed by atoms with van der Waals surface area (Å²) in [5.74, 6) is -0.0992. The van der Waals surface area contributed by atoms with E-state index in [9.17, 15) is 10.0 Å². The van der Waals surface area contributed by atoms with Crippen molar-refractivity contribution in [3.63, 3.8) is 0 Å². The summed E-state index contributed by atoms with van der Waals surface area (Å²) in [6, 6.07) is 15.8. The smallest absolute Gasteiger partial charge is 0.185 e. The summed E-state index contributed by atoms with van der Waals surface area (Å²) >= 11 is 1.68. The van der Waals surface area contributed by atoms with Crippen molar-refractivity contribution in [2.45, 2.75) is 55.7 Å². The van der Waals surface area contributed by atoms with Gasteiger partial charge in [-0.2, -0.15) is 0 Å². The molecule has 2 aromatic rings. The molecule has 0 amide bonds. The monoisotopic (exact) mass is 355 g/mol. The van der Waals surface area contributed by atoms with E-state index in [-0.39, 0.29) is 11.5 Å². The third-order valence-corrected chi connectivity index (χ3v) is 5.26. The molecule has 0 aliphatic carbocycles. The van der Waals surface area contributed by atoms with Gasteiger partial charge in [0.15, 0.2) is 11.5 Å². The first-order chi connectivity index (χ1) is 12.2. The van der Waals surface area contributed by atoms with Gasteiger partial charge in [-0.15, -0.1) is 0 Å². The molecule has 0 aromatic heterocycles. The van der Waals surface area contributed by atoms with Gasteiger partial charge in [0.05, 0.1) is 0 Å². The predicted molar refractivity (Wildman–Crippen MR) is 104 cm³/mol. The molecule has 0 aliphatic heterocycles. The van der Waals surface area contributed by atoms with Gasteiger partial charge in [-0.05, 0) is 37.1 Å². The van der Waals surface area contributed by atoms with Crippen LogP contribution in [0.15, 0.2) is 63.5 Å². The first-order valence-electron chi connectivity index (χ1n) is 8.75. The molecule has 1 N–H and O–H groups in total. The standard InChI is InChI=1S/C21H25NO2S/c1-3-4-5-6-10-19(23)21(22-24)17-12-14-18(15-13-17)25-20-11-8-7-9-16(20)2/h7-9,11-15,24H,3-6,10H2,1-2H3. The molecule has 0 unspecified atom stereocenters. The number of hydrogen-bond acceptors (Lipinski definition) is 4. The Morgan fingerprint density at radius 3 is 2.40 bits per heavy atom. The SMILES string of the molecule is CCCCCCC(=O)C(=NO)c1ccc(Sc2ccccc2C)cc1. The van der Waals surface area contributed by atoms with Gasteiger partial charge < -0.3 is 5.21 Å². The number of ketones is 1. The van der Waals surface area contributed by atoms with E-state index in [1.807, 2.05) is 36.4 Å². The molecule has 0 saturated carbocycles. The number of unbranched alkanes of at least 4 members (excludes halogenated alkanes) is 3. The zero-order valence-corrected chi connectivity index (χ0v) is 15.7. The van der Waals surface area contributed by atoms with Gasteiger partial charge in [0.2, 0.25) is 0 Å². The van der Waals surface area contributed by atoms with Gasteiger partial charge in [0.1, 0.15) is 0 Å². The average Bonchev–Trinajstić information content (AvgIpc) is 2.63. The minimum atomic E-state index is -0.0992. The molecule has 0 heterocycles. The van der Waals surface area contributed by atoms with Crippen LogP contribution in [-0.2, 0) is 4.79 Å². The third kappa shape index (κ3) is 5.75. The molecule has 0 saturated heterocycles. The van der Waals surface area contributed by atoms with Crippen molar-refractivity contribution >= 4 is 23.3 Å². The Kier molecular flexibility index (Phi) is 7.74. The maximum absolute atomic E-state index is 12.3. The van der Waals surface area contributed by atoms with E-state index in [0.29, 0.717) is 12.0 Å². The zero-order chi connectivity index (χ0) is 18.1. The van der Waals surface area contributed by atoms with Crippen molar-refractivity contribution in [2.24, 2.45) is 5.16 Å². The predicted octanol–water partition coefficient (Wildman–Crippen LogP) is 5.86. The van der Waals surface area contributed by atoms with Crippen LogP contribution in [0, 0.1) is 6.92 Å². The summed E-state index contributed by atoms with van der Waals surface area (Å²) in [6.07, 6.45) is 4.57. The normalized spacial score (nSPS) is 11.5. The molecule has 0 fully saturated rings. The molecule has 0 bridgehead atoms. The highest BCUT2D eigenvalue weighted by Gasteiger charge is 2.14. The van der Waals surface area contributed by atoms with Crippen LogP contribution in [0.5, 0.6) is 0 Å². The fourth-order valence-electron chi connectivity index (χ4n) is 2.58. The lowest BCUT2D eigenvalue weighted by Crippen LogP contribution is -2.15. The molecule has 0 spiro atoms. The van der Waals surface area contributed by atoms with Crippen LogP contribution in [0.1, 0.15) is 50.2 Å². The van der Waals surface area contributed by atoms with Gasteiger partial charge in [0.25, 0.3) is 0 Å². The number of oxime groups is 1. The Morgan fingerprint density at radius 1 is 1.04 bits per heavy atom. The van der Waals surface area contributed by atoms with Crippen LogP contribution in [0.3, 0.4) is 0 Å². The zero-order valence-electron chi connectivity index (χ0n) is 14.9. The van der Waals surface area contributed by atoms with Gasteiger partial charge in [-0.25, -0.2) is 0 Å². The first kappa shape index (κ1) is 19.3. The molecular formula is C21H25NO2S. The Balaban J connectivity index is 2.02. The van der Waals surface area contributed by atoms with E-state index in [4.69, 9.17) is 0 Å². The van der Waals surface area contributed by atoms with Crippen molar-refractivity contribution in [3.05, 3.63) is 59.7 Å². The minimum absolute atomic E-state index is 0.0992. The lowest BCUT2D eigenvalue weighted by Gasteiger charge is -2.07. The van der Waals surface area contributed by atoms with E-state index < -0.39 is 0 Å². The number of carbonyl (C=O) groups is 1. The Labute approximate surface area is 154 Å². The highest BCUT2D eigenvalue weighted by molar-refractivity contribution is 7.99. The summed E-state index contributed by atoms with van der Waals surface area (Å²) in [7, 11) is 0. The number of carbonyl (C=O) groups excluding carboxylic acids is 1. The molecule has 2 aromatic carbocycles. The summed E-state index contributed by atoms with van der Waals surface area (Å²) in [5.41, 5.74) is 2.05. The van der Waals surface area contributed by atoms with Crippen LogP contribution in [0.2, 0.25) is 0 Å². The van der Waals surface area contributed by atoms with Gasteiger partial charge in [0, 0.05) is 21.8 Å². The second-order valence-electron chi connectivity index (χ2n) is 6.07. The van der Waals surface area contributed by atoms with Crippen LogP contribution in [-0.4, -0.2) is 16.7 Å². The fraction of sp³-hybridized carbons (Fsp3) is 0.333. The van der Waals surface area contributed by atoms with E-state index >= 15 is 0 Å². The molecule has 132 valence electrons. The van der Waals surface area contributed by atoms with Crippen molar-refractivity contribution in [1.29, 1.82) is 0 Å². The van der Waals surface area contributed by atoms with Crippen LogP contribution < -0.4 is 0 Å². The third-order valence-electron chi connectivity index (χ3n) is 4.07. The summed E-state index contributed by atoms with van der Waals surface area (Å²) in [6.45, 7) is 4.23. The molecule has 0 aliphatic rings. The van der Waals surface area contributed by atoms with Crippen LogP contribution in [0.4, 0.5) is 0 Å². The second kappa shape index (κ2) is 10.0. The number of rotatable bonds is 9. The highest BCUT2D eigenvalue weighted by Crippen LogP contribution is 2.30. The lowest BCUT2D eigenvalue weighted by atomic mass is 10.0. The van der Waals surface area contributed by atoms with E-state index in [2.05, 4.69) is 31.1 Å². The van der Waals surface area contributed by atoms with Gasteiger partial charge >= 0.3 is 0 Å². The fourth-order valence-corrected chi connectivity index (χ4v) is 3.49. The quantitative estimate of drug-likeness (QED) is 0.265. The maximum Gasteiger partial charge on any atom is 0.185 e. The molecular weight excluding hydrogens is 330 g/mol. The topological polar surface area (TPSA) is 49.7 Å². The number of Topliss-reactive ketones (excluding diaryl/α,β-unsaturated/α-hetero) is 1. The largest absolute Gasteiger partial charge is 0.410 e. The van der Waals surface area contributed by atoms with Crippen molar-refractivity contribution in [2.75, 3.05) is 0 Å². The van der Waals surface area contributed by atoms with Crippen LogP contribution >= 0.6 is 11.8 Å². The molecule has 25 heavy (non-hydrogen) atoms. The Bertz CT molecular complexity index is 723. The number of aryl methyl sites for hydroxylation is 1.